The van der Waals surface area contributed by atoms with Gasteiger partial charge in [-0.15, -0.1) is 11.8 Å². The molecule has 8 heteroatoms. The molecule has 1 aromatic carbocycles. The molecule has 0 aromatic heterocycles. The predicted octanol–water partition coefficient (Wildman–Crippen LogP) is 3.98. The van der Waals surface area contributed by atoms with Crippen LogP contribution in [0.3, 0.4) is 0 Å². The third-order valence-corrected chi connectivity index (χ3v) is 10.1. The molecular formula is C20H27ClN2O3S2. The third-order valence-electron chi connectivity index (χ3n) is 6.35. The van der Waals surface area contributed by atoms with Crippen molar-refractivity contribution in [3.8, 4) is 0 Å². The molecule has 154 valence electrons. The summed E-state index contributed by atoms with van der Waals surface area (Å²) in [7, 11) is -3.52. The van der Waals surface area contributed by atoms with Gasteiger partial charge in [0, 0.05) is 36.3 Å². The number of carbonyl (C=O) groups is 1. The number of carbonyl (C=O) groups excluding carboxylic acids is 1. The van der Waals surface area contributed by atoms with E-state index in [2.05, 4.69) is 4.90 Å². The van der Waals surface area contributed by atoms with E-state index in [1.807, 2.05) is 11.8 Å². The summed E-state index contributed by atoms with van der Waals surface area (Å²) in [6.45, 7) is 1.70. The number of halogens is 1. The standard InChI is InChI=1S/C20H27ClN2O3S2/c21-17-6-8-18(9-7-17)28(25,26)22-12-10-20(11-13-22)23(14-15-27-20)19(24)16-4-2-1-3-5-16/h6-9,16H,1-5,10-15H2. The SMILES string of the molecule is O=C(C1CCCCC1)N1CCSC12CCN(S(=O)(=O)c1ccc(Cl)cc1)CC2. The molecule has 28 heavy (non-hydrogen) atoms. The maximum absolute atomic E-state index is 13.2. The summed E-state index contributed by atoms with van der Waals surface area (Å²) >= 11 is 7.73. The Morgan fingerprint density at radius 1 is 1.04 bits per heavy atom. The van der Waals surface area contributed by atoms with Crippen LogP contribution in [-0.2, 0) is 14.8 Å². The van der Waals surface area contributed by atoms with E-state index >= 15 is 0 Å². The lowest BCUT2D eigenvalue weighted by atomic mass is 9.87. The smallest absolute Gasteiger partial charge is 0.243 e. The topological polar surface area (TPSA) is 57.7 Å². The van der Waals surface area contributed by atoms with Crippen molar-refractivity contribution in [3.05, 3.63) is 29.3 Å². The molecule has 1 amide bonds. The zero-order chi connectivity index (χ0) is 19.8. The molecule has 3 fully saturated rings. The normalized spacial score (nSPS) is 24.0. The van der Waals surface area contributed by atoms with E-state index in [0.29, 0.717) is 36.9 Å². The molecule has 2 aliphatic heterocycles. The fourth-order valence-electron chi connectivity index (χ4n) is 4.74. The van der Waals surface area contributed by atoms with Crippen LogP contribution in [-0.4, -0.2) is 53.8 Å². The van der Waals surface area contributed by atoms with Crippen LogP contribution in [0.15, 0.2) is 29.2 Å². The van der Waals surface area contributed by atoms with Gasteiger partial charge in [-0.2, -0.15) is 4.31 Å². The van der Waals surface area contributed by atoms with Crippen molar-refractivity contribution in [3.63, 3.8) is 0 Å². The number of thioether (sulfide) groups is 1. The Bertz CT molecular complexity index is 814. The number of nitrogens with zero attached hydrogens (tertiary/aromatic N) is 2. The van der Waals surface area contributed by atoms with Crippen molar-refractivity contribution >= 4 is 39.3 Å². The van der Waals surface area contributed by atoms with Crippen molar-refractivity contribution in [2.24, 2.45) is 5.92 Å². The van der Waals surface area contributed by atoms with Crippen LogP contribution in [0.4, 0.5) is 0 Å². The number of piperidine rings is 1. The number of sulfonamides is 1. The number of hydrogen-bond donors (Lipinski definition) is 0. The van der Waals surface area contributed by atoms with Gasteiger partial charge in [-0.1, -0.05) is 30.9 Å². The van der Waals surface area contributed by atoms with Crippen molar-refractivity contribution in [1.29, 1.82) is 0 Å². The van der Waals surface area contributed by atoms with Gasteiger partial charge in [0.1, 0.15) is 0 Å². The van der Waals surface area contributed by atoms with Gasteiger partial charge >= 0.3 is 0 Å². The van der Waals surface area contributed by atoms with Crippen molar-refractivity contribution in [2.45, 2.75) is 54.7 Å². The number of amides is 1. The highest BCUT2D eigenvalue weighted by molar-refractivity contribution is 8.00. The Labute approximate surface area is 176 Å². The van der Waals surface area contributed by atoms with E-state index in [1.54, 1.807) is 28.6 Å². The second-order valence-corrected chi connectivity index (χ2v) is 11.8. The van der Waals surface area contributed by atoms with Crippen LogP contribution in [0, 0.1) is 5.92 Å². The summed E-state index contributed by atoms with van der Waals surface area (Å²) < 4.78 is 27.5. The minimum absolute atomic E-state index is 0.167. The van der Waals surface area contributed by atoms with Crippen LogP contribution < -0.4 is 0 Å². The predicted molar refractivity (Wildman–Crippen MR) is 113 cm³/mol. The Morgan fingerprint density at radius 2 is 1.68 bits per heavy atom. The first kappa shape index (κ1) is 20.5. The molecule has 1 aromatic rings. The summed E-state index contributed by atoms with van der Waals surface area (Å²) in [5, 5.41) is 0.524. The Kier molecular flexibility index (Phi) is 5.98. The van der Waals surface area contributed by atoms with Crippen molar-refractivity contribution < 1.29 is 13.2 Å². The van der Waals surface area contributed by atoms with E-state index in [1.165, 1.54) is 6.42 Å². The summed E-state index contributed by atoms with van der Waals surface area (Å²) in [5.74, 6) is 1.42. The molecule has 3 aliphatic rings. The lowest BCUT2D eigenvalue weighted by Gasteiger charge is -2.44. The van der Waals surface area contributed by atoms with Gasteiger partial charge < -0.3 is 4.90 Å². The van der Waals surface area contributed by atoms with Crippen LogP contribution in [0.5, 0.6) is 0 Å². The number of hydrogen-bond acceptors (Lipinski definition) is 4. The highest BCUT2D eigenvalue weighted by Gasteiger charge is 2.49. The average Bonchev–Trinajstić information content (AvgIpc) is 3.11. The maximum Gasteiger partial charge on any atom is 0.243 e. The molecule has 4 rings (SSSR count). The number of benzene rings is 1. The van der Waals surface area contributed by atoms with Crippen LogP contribution in [0.25, 0.3) is 0 Å². The summed E-state index contributed by atoms with van der Waals surface area (Å²) in [5.41, 5.74) is 0. The molecule has 0 unspecified atom stereocenters. The fourth-order valence-corrected chi connectivity index (χ4v) is 7.76. The number of rotatable bonds is 3. The summed E-state index contributed by atoms with van der Waals surface area (Å²) in [6.07, 6.45) is 6.95. The fraction of sp³-hybridized carbons (Fsp3) is 0.650. The van der Waals surface area contributed by atoms with Gasteiger partial charge in [-0.25, -0.2) is 8.42 Å². The average molecular weight is 443 g/mol. The van der Waals surface area contributed by atoms with Crippen LogP contribution in [0.2, 0.25) is 5.02 Å². The van der Waals surface area contributed by atoms with Crippen molar-refractivity contribution in [2.75, 3.05) is 25.4 Å². The molecular weight excluding hydrogens is 416 g/mol. The lowest BCUT2D eigenvalue weighted by molar-refractivity contribution is -0.140. The Morgan fingerprint density at radius 3 is 2.32 bits per heavy atom. The summed E-state index contributed by atoms with van der Waals surface area (Å²) in [6, 6.07) is 6.34. The second-order valence-electron chi connectivity index (χ2n) is 7.98. The maximum atomic E-state index is 13.2. The van der Waals surface area contributed by atoms with Gasteiger partial charge in [-0.3, -0.25) is 4.79 Å². The molecule has 1 aliphatic carbocycles. The van der Waals surface area contributed by atoms with E-state index in [9.17, 15) is 13.2 Å². The molecule has 0 bridgehead atoms. The van der Waals surface area contributed by atoms with Gasteiger partial charge in [0.05, 0.1) is 9.77 Å². The molecule has 2 heterocycles. The Hall–Kier alpha value is -0.760. The minimum Gasteiger partial charge on any atom is -0.327 e. The first-order chi connectivity index (χ1) is 13.4. The zero-order valence-corrected chi connectivity index (χ0v) is 18.4. The first-order valence-corrected chi connectivity index (χ1v) is 12.9. The Balaban J connectivity index is 1.46. The van der Waals surface area contributed by atoms with Gasteiger partial charge in [0.2, 0.25) is 15.9 Å². The molecule has 2 saturated heterocycles. The van der Waals surface area contributed by atoms with Crippen LogP contribution in [0.1, 0.15) is 44.9 Å². The van der Waals surface area contributed by atoms with Gasteiger partial charge in [0.25, 0.3) is 0 Å². The minimum atomic E-state index is -3.52. The molecule has 0 N–H and O–H groups in total. The van der Waals surface area contributed by atoms with Crippen molar-refractivity contribution in [1.82, 2.24) is 9.21 Å². The lowest BCUT2D eigenvalue weighted by Crippen LogP contribution is -2.54. The monoisotopic (exact) mass is 442 g/mol. The third kappa shape index (κ3) is 3.83. The van der Waals surface area contributed by atoms with Crippen LogP contribution >= 0.6 is 23.4 Å². The zero-order valence-electron chi connectivity index (χ0n) is 16.0. The first-order valence-electron chi connectivity index (χ1n) is 10.1. The van der Waals surface area contributed by atoms with E-state index in [0.717, 1.165) is 38.0 Å². The quantitative estimate of drug-likeness (QED) is 0.710. The highest BCUT2D eigenvalue weighted by atomic mass is 35.5. The molecule has 0 atom stereocenters. The summed E-state index contributed by atoms with van der Waals surface area (Å²) in [4.78, 5) is 15.3. The van der Waals surface area contributed by atoms with E-state index in [4.69, 9.17) is 11.6 Å². The van der Waals surface area contributed by atoms with E-state index in [-0.39, 0.29) is 15.7 Å². The highest BCUT2D eigenvalue weighted by Crippen LogP contribution is 2.46. The molecule has 5 nitrogen and oxygen atoms in total. The molecule has 1 saturated carbocycles. The largest absolute Gasteiger partial charge is 0.327 e. The van der Waals surface area contributed by atoms with E-state index < -0.39 is 10.0 Å². The second kappa shape index (κ2) is 8.17. The van der Waals surface area contributed by atoms with Gasteiger partial charge in [-0.05, 0) is 49.9 Å². The van der Waals surface area contributed by atoms with Gasteiger partial charge in [0.15, 0.2) is 0 Å². The molecule has 0 radical (unpaired) electrons. The molecule has 1 spiro atoms.